The van der Waals surface area contributed by atoms with Crippen molar-refractivity contribution in [3.63, 3.8) is 0 Å². The zero-order valence-corrected chi connectivity index (χ0v) is 12.6. The number of carboxylic acids is 1. The second-order valence-corrected chi connectivity index (χ2v) is 6.04. The fourth-order valence-electron chi connectivity index (χ4n) is 3.41. The highest BCUT2D eigenvalue weighted by atomic mass is 16.4. The minimum atomic E-state index is -0.877. The lowest BCUT2D eigenvalue weighted by Gasteiger charge is -2.16. The molecule has 2 heterocycles. The summed E-state index contributed by atoms with van der Waals surface area (Å²) in [6.07, 6.45) is 9.69. The van der Waals surface area contributed by atoms with Gasteiger partial charge >= 0.3 is 5.97 Å². The number of H-pyrrole nitrogens is 1. The fraction of sp³-hybridized carbons (Fsp3) is 0.353. The van der Waals surface area contributed by atoms with Crippen LogP contribution in [0.15, 0.2) is 23.0 Å². The number of hydrogen-bond donors (Lipinski definition) is 2. The molecule has 0 radical (unpaired) electrons. The van der Waals surface area contributed by atoms with Gasteiger partial charge in [0.25, 0.3) is 5.56 Å². The van der Waals surface area contributed by atoms with Crippen molar-refractivity contribution in [2.45, 2.75) is 38.6 Å². The molecule has 0 saturated heterocycles. The number of aromatic amines is 1. The van der Waals surface area contributed by atoms with Crippen molar-refractivity contribution in [1.82, 2.24) is 14.8 Å². The van der Waals surface area contributed by atoms with Gasteiger partial charge in [-0.1, -0.05) is 18.2 Å². The molecule has 0 bridgehead atoms. The number of nitrogens with one attached hydrogen (secondary N) is 1. The third-order valence-electron chi connectivity index (χ3n) is 4.59. The van der Waals surface area contributed by atoms with Gasteiger partial charge in [0.15, 0.2) is 0 Å². The number of allylic oxidation sites excluding steroid dienone is 4. The molecule has 118 valence electrons. The molecular weight excluding hydrogens is 294 g/mol. The Bertz CT molecular complexity index is 931. The van der Waals surface area contributed by atoms with E-state index in [1.807, 2.05) is 18.2 Å². The maximum absolute atomic E-state index is 12.4. The molecule has 0 aromatic carbocycles. The van der Waals surface area contributed by atoms with Crippen molar-refractivity contribution in [3.05, 3.63) is 45.4 Å². The highest BCUT2D eigenvalue weighted by molar-refractivity contribution is 5.96. The smallest absolute Gasteiger partial charge is 0.305 e. The molecule has 4 rings (SSSR count). The first-order chi connectivity index (χ1) is 11.1. The quantitative estimate of drug-likeness (QED) is 0.904. The number of carbonyl (C=O) groups is 1. The molecule has 0 amide bonds. The summed E-state index contributed by atoms with van der Waals surface area (Å²) in [7, 11) is 0. The van der Waals surface area contributed by atoms with Gasteiger partial charge in [-0.3, -0.25) is 9.59 Å². The van der Waals surface area contributed by atoms with Crippen molar-refractivity contribution >= 4 is 22.6 Å². The molecule has 0 unspecified atom stereocenters. The minimum Gasteiger partial charge on any atom is -0.481 e. The summed E-state index contributed by atoms with van der Waals surface area (Å²) < 4.78 is 1.63. The summed E-state index contributed by atoms with van der Waals surface area (Å²) in [6, 6.07) is 0. The van der Waals surface area contributed by atoms with Crippen LogP contribution >= 0.6 is 0 Å². The van der Waals surface area contributed by atoms with Crippen LogP contribution in [-0.4, -0.2) is 25.8 Å². The second-order valence-electron chi connectivity index (χ2n) is 6.04. The first kappa shape index (κ1) is 14.0. The Hall–Kier alpha value is -2.63. The third kappa shape index (κ3) is 2.21. The summed E-state index contributed by atoms with van der Waals surface area (Å²) in [5, 5.41) is 14.5. The topological polar surface area (TPSA) is 88.0 Å². The Morgan fingerprint density at radius 3 is 2.70 bits per heavy atom. The number of hydrogen-bond acceptors (Lipinski definition) is 3. The molecule has 2 aliphatic rings. The van der Waals surface area contributed by atoms with Crippen molar-refractivity contribution in [2.75, 3.05) is 0 Å². The van der Waals surface area contributed by atoms with Crippen LogP contribution in [0.25, 0.3) is 16.6 Å². The highest BCUT2D eigenvalue weighted by Crippen LogP contribution is 2.33. The molecule has 0 saturated carbocycles. The van der Waals surface area contributed by atoms with Crippen molar-refractivity contribution < 1.29 is 9.90 Å². The van der Waals surface area contributed by atoms with Crippen LogP contribution in [0.4, 0.5) is 0 Å². The molecule has 2 aromatic heterocycles. The first-order valence-electron chi connectivity index (χ1n) is 7.90. The van der Waals surface area contributed by atoms with E-state index in [1.54, 1.807) is 4.68 Å². The summed E-state index contributed by atoms with van der Waals surface area (Å²) in [5.74, 6) is -0.877. The zero-order valence-electron chi connectivity index (χ0n) is 12.6. The maximum Gasteiger partial charge on any atom is 0.305 e. The number of rotatable bonds is 4. The lowest BCUT2D eigenvalue weighted by Crippen LogP contribution is -2.20. The van der Waals surface area contributed by atoms with E-state index in [2.05, 4.69) is 10.1 Å². The molecule has 23 heavy (non-hydrogen) atoms. The lowest BCUT2D eigenvalue weighted by atomic mass is 9.89. The van der Waals surface area contributed by atoms with Gasteiger partial charge in [0.1, 0.15) is 11.3 Å². The van der Waals surface area contributed by atoms with Gasteiger partial charge in [-0.2, -0.15) is 5.10 Å². The van der Waals surface area contributed by atoms with E-state index in [4.69, 9.17) is 5.11 Å². The molecule has 6 heteroatoms. The predicted octanol–water partition coefficient (Wildman–Crippen LogP) is 2.03. The number of pyridine rings is 1. The summed E-state index contributed by atoms with van der Waals surface area (Å²) in [6.45, 7) is 0.248. The van der Waals surface area contributed by atoms with Gasteiger partial charge in [0, 0.05) is 16.5 Å². The molecular formula is C17H17N3O3. The molecule has 0 atom stereocenters. The number of aliphatic carboxylic acids is 1. The normalized spacial score (nSPS) is 16.1. The average molecular weight is 311 g/mol. The average Bonchev–Trinajstić information content (AvgIpc) is 2.82. The fourth-order valence-corrected chi connectivity index (χ4v) is 3.41. The number of fused-ring (bicyclic) bond motifs is 3. The van der Waals surface area contributed by atoms with Crippen molar-refractivity contribution in [3.8, 4) is 0 Å². The maximum atomic E-state index is 12.4. The molecule has 2 aromatic rings. The van der Waals surface area contributed by atoms with E-state index in [0.717, 1.165) is 53.5 Å². The third-order valence-corrected chi connectivity index (χ3v) is 4.59. The molecule has 2 aliphatic carbocycles. The molecule has 2 N–H and O–H groups in total. The molecule has 0 fully saturated rings. The van der Waals surface area contributed by atoms with Crippen molar-refractivity contribution in [2.24, 2.45) is 0 Å². The van der Waals surface area contributed by atoms with Crippen LogP contribution in [-0.2, 0) is 24.2 Å². The summed E-state index contributed by atoms with van der Waals surface area (Å²) >= 11 is 0. The van der Waals surface area contributed by atoms with Crippen LogP contribution in [0.2, 0.25) is 0 Å². The Morgan fingerprint density at radius 1 is 1.30 bits per heavy atom. The van der Waals surface area contributed by atoms with E-state index in [1.165, 1.54) is 0 Å². The Balaban J connectivity index is 1.96. The van der Waals surface area contributed by atoms with Crippen LogP contribution < -0.4 is 5.56 Å². The van der Waals surface area contributed by atoms with Gasteiger partial charge in [-0.25, -0.2) is 4.68 Å². The SMILES string of the molecule is O=C(O)CCn1nc(C2=CC=C2)c2c3c(c(=O)[nH]c21)CCCC3. The van der Waals surface area contributed by atoms with Crippen molar-refractivity contribution in [1.29, 1.82) is 0 Å². The van der Waals surface area contributed by atoms with Gasteiger partial charge in [0.05, 0.1) is 13.0 Å². The van der Waals surface area contributed by atoms with Crippen LogP contribution in [0, 0.1) is 0 Å². The molecule has 0 aliphatic heterocycles. The van der Waals surface area contributed by atoms with Crippen LogP contribution in [0.5, 0.6) is 0 Å². The number of aryl methyl sites for hydroxylation is 2. The van der Waals surface area contributed by atoms with Gasteiger partial charge < -0.3 is 10.1 Å². The number of nitrogens with zero attached hydrogens (tertiary/aromatic N) is 2. The highest BCUT2D eigenvalue weighted by Gasteiger charge is 2.24. The summed E-state index contributed by atoms with van der Waals surface area (Å²) in [5.41, 5.74) is 4.42. The van der Waals surface area contributed by atoms with E-state index >= 15 is 0 Å². The summed E-state index contributed by atoms with van der Waals surface area (Å²) in [4.78, 5) is 26.2. The van der Waals surface area contributed by atoms with E-state index in [9.17, 15) is 9.59 Å². The van der Waals surface area contributed by atoms with E-state index < -0.39 is 5.97 Å². The van der Waals surface area contributed by atoms with E-state index in [-0.39, 0.29) is 18.5 Å². The first-order valence-corrected chi connectivity index (χ1v) is 7.90. The zero-order chi connectivity index (χ0) is 16.0. The molecule has 6 nitrogen and oxygen atoms in total. The standard InChI is InChI=1S/C17H17N3O3/c21-13(22)8-9-20-16-14(15(19-20)10-4-3-5-10)11-6-1-2-7-12(11)17(23)18-16/h3-5H,1-2,6-9H2,(H,18,23)(H,21,22). The Morgan fingerprint density at radius 2 is 2.04 bits per heavy atom. The number of aromatic nitrogens is 3. The monoisotopic (exact) mass is 311 g/mol. The lowest BCUT2D eigenvalue weighted by molar-refractivity contribution is -0.137. The van der Waals surface area contributed by atoms with Gasteiger partial charge in [-0.05, 0) is 31.2 Å². The minimum absolute atomic E-state index is 0.0236. The largest absolute Gasteiger partial charge is 0.481 e. The van der Waals surface area contributed by atoms with Crippen LogP contribution in [0.3, 0.4) is 0 Å². The van der Waals surface area contributed by atoms with Gasteiger partial charge in [-0.15, -0.1) is 0 Å². The molecule has 0 spiro atoms. The Kier molecular flexibility index (Phi) is 3.18. The van der Waals surface area contributed by atoms with Gasteiger partial charge in [0.2, 0.25) is 0 Å². The Labute approximate surface area is 132 Å². The van der Waals surface area contributed by atoms with Crippen LogP contribution in [0.1, 0.15) is 36.1 Å². The number of carboxylic acid groups (broad SMARTS) is 1. The second kappa shape index (κ2) is 5.22. The predicted molar refractivity (Wildman–Crippen MR) is 86.4 cm³/mol. The van der Waals surface area contributed by atoms with E-state index in [0.29, 0.717) is 5.65 Å².